The SMILES string of the molecule is Cc1noc(C)c1S(=O)(=O)N1CCN(C(=O)CCN2C(=O)[C@H]3CCCC[C@@H]3C2=O)CC1. The lowest BCUT2D eigenvalue weighted by Crippen LogP contribution is -2.51. The number of carbonyl (C=O) groups excluding carboxylic acids is 3. The van der Waals surface area contributed by atoms with E-state index in [2.05, 4.69) is 5.16 Å². The number of piperazine rings is 1. The van der Waals surface area contributed by atoms with Gasteiger partial charge in [-0.2, -0.15) is 4.31 Å². The van der Waals surface area contributed by atoms with E-state index in [1.165, 1.54) is 9.21 Å². The summed E-state index contributed by atoms with van der Waals surface area (Å²) in [6.07, 6.45) is 3.50. The van der Waals surface area contributed by atoms with Gasteiger partial charge >= 0.3 is 0 Å². The van der Waals surface area contributed by atoms with Crippen LogP contribution in [0.15, 0.2) is 9.42 Å². The highest BCUT2D eigenvalue weighted by Crippen LogP contribution is 2.38. The van der Waals surface area contributed by atoms with Gasteiger partial charge < -0.3 is 9.42 Å². The number of hydrogen-bond donors (Lipinski definition) is 0. The molecule has 3 aliphatic rings. The fourth-order valence-electron chi connectivity index (χ4n) is 4.97. The van der Waals surface area contributed by atoms with E-state index in [0.29, 0.717) is 5.69 Å². The zero-order valence-corrected chi connectivity index (χ0v) is 18.7. The van der Waals surface area contributed by atoms with Gasteiger partial charge in [0, 0.05) is 39.1 Å². The van der Waals surface area contributed by atoms with Crippen LogP contribution < -0.4 is 0 Å². The van der Waals surface area contributed by atoms with E-state index in [-0.39, 0.29) is 79.4 Å². The Hall–Kier alpha value is -2.27. The maximum absolute atomic E-state index is 12.9. The smallest absolute Gasteiger partial charge is 0.248 e. The van der Waals surface area contributed by atoms with Crippen LogP contribution in [0.5, 0.6) is 0 Å². The standard InChI is InChI=1S/C20H28N4O6S/c1-13-18(14(2)30-21-13)31(28,29)23-11-9-22(10-12-23)17(25)7-8-24-19(26)15-5-3-4-6-16(15)20(24)27/h15-16H,3-12H2,1-2H3/t15-,16-/m0/s1. The van der Waals surface area contributed by atoms with Crippen molar-refractivity contribution in [3.8, 4) is 0 Å². The highest BCUT2D eigenvalue weighted by molar-refractivity contribution is 7.89. The number of sulfonamides is 1. The molecule has 0 radical (unpaired) electrons. The van der Waals surface area contributed by atoms with E-state index in [1.807, 2.05) is 0 Å². The summed E-state index contributed by atoms with van der Waals surface area (Å²) in [5.41, 5.74) is 0.316. The average molecular weight is 453 g/mol. The van der Waals surface area contributed by atoms with Crippen molar-refractivity contribution >= 4 is 27.7 Å². The van der Waals surface area contributed by atoms with Gasteiger partial charge in [-0.3, -0.25) is 19.3 Å². The molecule has 1 aromatic rings. The molecule has 2 atom stereocenters. The Morgan fingerprint density at radius 2 is 1.61 bits per heavy atom. The van der Waals surface area contributed by atoms with Gasteiger partial charge in [-0.05, 0) is 26.7 Å². The van der Waals surface area contributed by atoms with Crippen LogP contribution in [-0.2, 0) is 24.4 Å². The number of hydrogen-bond acceptors (Lipinski definition) is 7. The van der Waals surface area contributed by atoms with Crippen molar-refractivity contribution in [2.45, 2.75) is 50.8 Å². The molecule has 3 heterocycles. The van der Waals surface area contributed by atoms with Gasteiger partial charge in [0.1, 0.15) is 10.6 Å². The van der Waals surface area contributed by atoms with Crippen LogP contribution in [0, 0.1) is 25.7 Å². The summed E-state index contributed by atoms with van der Waals surface area (Å²) in [5.74, 6) is -0.638. The molecular formula is C20H28N4O6S. The largest absolute Gasteiger partial charge is 0.360 e. The molecule has 3 amide bonds. The third-order valence-corrected chi connectivity index (χ3v) is 8.78. The second-order valence-electron chi connectivity index (χ2n) is 8.51. The van der Waals surface area contributed by atoms with E-state index in [1.54, 1.807) is 18.7 Å². The number of nitrogens with zero attached hydrogens (tertiary/aromatic N) is 4. The summed E-state index contributed by atoms with van der Waals surface area (Å²) in [4.78, 5) is 40.7. The number of carbonyl (C=O) groups is 3. The van der Waals surface area contributed by atoms with Gasteiger partial charge in [-0.25, -0.2) is 8.42 Å². The summed E-state index contributed by atoms with van der Waals surface area (Å²) in [5, 5.41) is 3.72. The van der Waals surface area contributed by atoms with Crippen LogP contribution in [0.1, 0.15) is 43.6 Å². The molecule has 11 heteroatoms. The predicted molar refractivity (Wildman–Crippen MR) is 108 cm³/mol. The monoisotopic (exact) mass is 452 g/mol. The molecule has 1 aromatic heterocycles. The molecule has 0 N–H and O–H groups in total. The number of imide groups is 1. The van der Waals surface area contributed by atoms with Gasteiger partial charge in [-0.15, -0.1) is 0 Å². The molecule has 2 saturated heterocycles. The summed E-state index contributed by atoms with van der Waals surface area (Å²) in [6.45, 7) is 4.10. The predicted octanol–water partition coefficient (Wildman–Crippen LogP) is 0.690. The maximum atomic E-state index is 12.9. The minimum atomic E-state index is -3.74. The molecule has 0 aromatic carbocycles. The Kier molecular flexibility index (Phi) is 5.91. The molecule has 1 saturated carbocycles. The molecule has 0 unspecified atom stereocenters. The zero-order chi connectivity index (χ0) is 22.3. The Morgan fingerprint density at radius 1 is 1.03 bits per heavy atom. The van der Waals surface area contributed by atoms with E-state index in [0.717, 1.165) is 25.7 Å². The molecule has 10 nitrogen and oxygen atoms in total. The highest BCUT2D eigenvalue weighted by Gasteiger charge is 2.48. The fraction of sp³-hybridized carbons (Fsp3) is 0.700. The fourth-order valence-corrected chi connectivity index (χ4v) is 6.68. The number of aryl methyl sites for hydroxylation is 2. The second kappa shape index (κ2) is 8.34. The maximum Gasteiger partial charge on any atom is 0.248 e. The molecule has 3 fully saturated rings. The van der Waals surface area contributed by atoms with Crippen LogP contribution in [-0.4, -0.2) is 78.1 Å². The van der Waals surface area contributed by atoms with Crippen molar-refractivity contribution in [3.05, 3.63) is 11.5 Å². The Morgan fingerprint density at radius 3 is 2.13 bits per heavy atom. The number of rotatable bonds is 5. The average Bonchev–Trinajstić information content (AvgIpc) is 3.23. The quantitative estimate of drug-likeness (QED) is 0.603. The van der Waals surface area contributed by atoms with E-state index < -0.39 is 10.0 Å². The van der Waals surface area contributed by atoms with E-state index in [9.17, 15) is 22.8 Å². The number of likely N-dealkylation sites (tertiary alicyclic amines) is 1. The minimum Gasteiger partial charge on any atom is -0.360 e. The van der Waals surface area contributed by atoms with Crippen LogP contribution in [0.3, 0.4) is 0 Å². The Balaban J connectivity index is 1.32. The first kappa shape index (κ1) is 21.9. The Labute approximate surface area is 181 Å². The van der Waals surface area contributed by atoms with Crippen molar-refractivity contribution in [1.29, 1.82) is 0 Å². The second-order valence-corrected chi connectivity index (χ2v) is 10.4. The highest BCUT2D eigenvalue weighted by atomic mass is 32.2. The molecule has 0 spiro atoms. The lowest BCUT2D eigenvalue weighted by molar-refractivity contribution is -0.141. The van der Waals surface area contributed by atoms with Crippen molar-refractivity contribution in [1.82, 2.24) is 19.3 Å². The van der Waals surface area contributed by atoms with Gasteiger partial charge in [0.15, 0.2) is 5.76 Å². The van der Waals surface area contributed by atoms with Crippen LogP contribution in [0.2, 0.25) is 0 Å². The summed E-state index contributed by atoms with van der Waals surface area (Å²) < 4.78 is 32.1. The summed E-state index contributed by atoms with van der Waals surface area (Å²) in [6, 6.07) is 0. The molecule has 170 valence electrons. The summed E-state index contributed by atoms with van der Waals surface area (Å²) in [7, 11) is -3.74. The van der Waals surface area contributed by atoms with Gasteiger partial charge in [0.25, 0.3) is 0 Å². The first-order valence-electron chi connectivity index (χ1n) is 10.8. The van der Waals surface area contributed by atoms with Gasteiger partial charge in [0.2, 0.25) is 27.7 Å². The Bertz CT molecular complexity index is 952. The third kappa shape index (κ3) is 3.89. The first-order chi connectivity index (χ1) is 14.7. The van der Waals surface area contributed by atoms with E-state index >= 15 is 0 Å². The number of amides is 3. The van der Waals surface area contributed by atoms with Gasteiger partial charge in [0.05, 0.1) is 11.8 Å². The topological polar surface area (TPSA) is 121 Å². The lowest BCUT2D eigenvalue weighted by Gasteiger charge is -2.34. The zero-order valence-electron chi connectivity index (χ0n) is 17.9. The lowest BCUT2D eigenvalue weighted by atomic mass is 9.81. The number of fused-ring (bicyclic) bond motifs is 1. The normalized spacial score (nSPS) is 25.2. The van der Waals surface area contributed by atoms with Crippen molar-refractivity contribution in [2.24, 2.45) is 11.8 Å². The van der Waals surface area contributed by atoms with Gasteiger partial charge in [-0.1, -0.05) is 18.0 Å². The van der Waals surface area contributed by atoms with Crippen LogP contribution in [0.4, 0.5) is 0 Å². The first-order valence-corrected chi connectivity index (χ1v) is 12.2. The van der Waals surface area contributed by atoms with Crippen LogP contribution >= 0.6 is 0 Å². The molecule has 2 aliphatic heterocycles. The molecule has 31 heavy (non-hydrogen) atoms. The third-order valence-electron chi connectivity index (χ3n) is 6.64. The van der Waals surface area contributed by atoms with E-state index in [4.69, 9.17) is 4.52 Å². The summed E-state index contributed by atoms with van der Waals surface area (Å²) >= 11 is 0. The van der Waals surface area contributed by atoms with Crippen LogP contribution in [0.25, 0.3) is 0 Å². The molecule has 1 aliphatic carbocycles. The minimum absolute atomic E-state index is 0.0630. The molecular weight excluding hydrogens is 424 g/mol. The van der Waals surface area contributed by atoms with Crippen molar-refractivity contribution in [3.63, 3.8) is 0 Å². The van der Waals surface area contributed by atoms with Crippen molar-refractivity contribution < 1.29 is 27.3 Å². The van der Waals surface area contributed by atoms with Crippen molar-refractivity contribution in [2.75, 3.05) is 32.7 Å². The molecule has 0 bridgehead atoms. The number of aromatic nitrogens is 1. The molecule has 4 rings (SSSR count).